The summed E-state index contributed by atoms with van der Waals surface area (Å²) in [5, 5.41) is 8.89. The fraction of sp³-hybridized carbons (Fsp3) is 0.0500. The molecule has 0 aliphatic rings. The first-order chi connectivity index (χ1) is 12.1. The number of carbonyl (C=O) groups is 1. The van der Waals surface area contributed by atoms with E-state index in [9.17, 15) is 9.18 Å². The molecule has 0 aliphatic carbocycles. The Morgan fingerprint density at radius 3 is 2.32 bits per heavy atom. The van der Waals surface area contributed by atoms with Crippen LogP contribution in [0.2, 0.25) is 0 Å². The first-order valence-corrected chi connectivity index (χ1v) is 7.79. The zero-order valence-corrected chi connectivity index (χ0v) is 13.4. The number of carboxylic acid groups (broad SMARTS) is 1. The molecule has 0 heterocycles. The van der Waals surface area contributed by atoms with Crippen molar-refractivity contribution >= 4 is 11.7 Å². The van der Waals surface area contributed by atoms with Gasteiger partial charge in [0.1, 0.15) is 5.82 Å². The monoisotopic (exact) mass is 336 g/mol. The second kappa shape index (κ2) is 7.59. The SMILES string of the molecule is O=C(O)c1ccc(-c2ccc(CNNc3ccccc3)cc2)c(F)c1. The van der Waals surface area contributed by atoms with Crippen LogP contribution >= 0.6 is 0 Å². The van der Waals surface area contributed by atoms with Gasteiger partial charge in [0.2, 0.25) is 0 Å². The summed E-state index contributed by atoms with van der Waals surface area (Å²) in [6.45, 7) is 0.607. The van der Waals surface area contributed by atoms with Crippen molar-refractivity contribution in [1.82, 2.24) is 5.43 Å². The van der Waals surface area contributed by atoms with E-state index in [4.69, 9.17) is 5.11 Å². The quantitative estimate of drug-likeness (QED) is 0.587. The molecule has 0 radical (unpaired) electrons. The number of halogens is 1. The molecule has 0 saturated carbocycles. The van der Waals surface area contributed by atoms with E-state index in [0.29, 0.717) is 17.7 Å². The van der Waals surface area contributed by atoms with Crippen LogP contribution in [0, 0.1) is 5.82 Å². The standard InChI is InChI=1S/C20H17FN2O2/c21-19-12-16(20(24)25)10-11-18(19)15-8-6-14(7-9-15)13-22-23-17-4-2-1-3-5-17/h1-12,22-23H,13H2,(H,24,25). The van der Waals surface area contributed by atoms with E-state index in [1.165, 1.54) is 12.1 Å². The van der Waals surface area contributed by atoms with Gasteiger partial charge in [-0.1, -0.05) is 48.5 Å². The topological polar surface area (TPSA) is 61.4 Å². The van der Waals surface area contributed by atoms with Crippen molar-refractivity contribution < 1.29 is 14.3 Å². The van der Waals surface area contributed by atoms with Gasteiger partial charge in [-0.25, -0.2) is 14.6 Å². The molecule has 0 atom stereocenters. The van der Waals surface area contributed by atoms with Gasteiger partial charge in [0.05, 0.1) is 5.56 Å². The zero-order chi connectivity index (χ0) is 17.6. The Kier molecular flexibility index (Phi) is 5.06. The summed E-state index contributed by atoms with van der Waals surface area (Å²) in [4.78, 5) is 10.9. The molecule has 0 spiro atoms. The minimum absolute atomic E-state index is 0.0611. The third-order valence-electron chi connectivity index (χ3n) is 3.78. The fourth-order valence-corrected chi connectivity index (χ4v) is 2.45. The van der Waals surface area contributed by atoms with Gasteiger partial charge in [0.15, 0.2) is 0 Å². The zero-order valence-electron chi connectivity index (χ0n) is 13.4. The molecule has 25 heavy (non-hydrogen) atoms. The van der Waals surface area contributed by atoms with Gasteiger partial charge < -0.3 is 10.5 Å². The molecule has 4 nitrogen and oxygen atoms in total. The van der Waals surface area contributed by atoms with Gasteiger partial charge in [0.25, 0.3) is 0 Å². The van der Waals surface area contributed by atoms with E-state index in [2.05, 4.69) is 10.9 Å². The van der Waals surface area contributed by atoms with Gasteiger partial charge in [-0.2, -0.15) is 0 Å². The van der Waals surface area contributed by atoms with E-state index in [1.54, 1.807) is 0 Å². The number of aromatic carboxylic acids is 1. The lowest BCUT2D eigenvalue weighted by molar-refractivity contribution is 0.0696. The number of anilines is 1. The molecule has 0 aromatic heterocycles. The summed E-state index contributed by atoms with van der Waals surface area (Å²) in [6.07, 6.45) is 0. The minimum atomic E-state index is -1.14. The molecular weight excluding hydrogens is 319 g/mol. The normalized spacial score (nSPS) is 10.4. The number of para-hydroxylation sites is 1. The van der Waals surface area contributed by atoms with Crippen molar-refractivity contribution in [3.8, 4) is 11.1 Å². The maximum atomic E-state index is 14.1. The summed E-state index contributed by atoms with van der Waals surface area (Å²) in [5.74, 6) is -1.69. The van der Waals surface area contributed by atoms with Crippen LogP contribution in [0.5, 0.6) is 0 Å². The van der Waals surface area contributed by atoms with Crippen molar-refractivity contribution in [2.45, 2.75) is 6.54 Å². The van der Waals surface area contributed by atoms with E-state index >= 15 is 0 Å². The van der Waals surface area contributed by atoms with Gasteiger partial charge in [0, 0.05) is 17.8 Å². The molecular formula is C20H17FN2O2. The summed E-state index contributed by atoms with van der Waals surface area (Å²) in [5.41, 5.74) is 9.25. The molecule has 5 heteroatoms. The number of hydrazine groups is 1. The van der Waals surface area contributed by atoms with Crippen LogP contribution < -0.4 is 10.9 Å². The maximum Gasteiger partial charge on any atom is 0.335 e. The van der Waals surface area contributed by atoms with Crippen molar-refractivity contribution in [1.29, 1.82) is 0 Å². The second-order valence-electron chi connectivity index (χ2n) is 5.54. The Hall–Kier alpha value is -3.18. The highest BCUT2D eigenvalue weighted by atomic mass is 19.1. The van der Waals surface area contributed by atoms with E-state index < -0.39 is 11.8 Å². The van der Waals surface area contributed by atoms with Crippen LogP contribution in [0.1, 0.15) is 15.9 Å². The molecule has 3 aromatic rings. The largest absolute Gasteiger partial charge is 0.478 e. The van der Waals surface area contributed by atoms with Crippen molar-refractivity contribution in [2.75, 3.05) is 5.43 Å². The highest BCUT2D eigenvalue weighted by molar-refractivity contribution is 5.88. The van der Waals surface area contributed by atoms with Gasteiger partial charge in [-0.15, -0.1) is 0 Å². The summed E-state index contributed by atoms with van der Waals surface area (Å²) in [7, 11) is 0. The van der Waals surface area contributed by atoms with Crippen LogP contribution in [0.15, 0.2) is 72.8 Å². The van der Waals surface area contributed by atoms with E-state index in [0.717, 1.165) is 17.3 Å². The average molecular weight is 336 g/mol. The Morgan fingerprint density at radius 1 is 0.960 bits per heavy atom. The summed E-state index contributed by atoms with van der Waals surface area (Å²) >= 11 is 0. The molecule has 0 fully saturated rings. The second-order valence-corrected chi connectivity index (χ2v) is 5.54. The number of nitrogens with one attached hydrogen (secondary N) is 2. The lowest BCUT2D eigenvalue weighted by Gasteiger charge is -2.09. The average Bonchev–Trinajstić information content (AvgIpc) is 2.63. The molecule has 0 unspecified atom stereocenters. The van der Waals surface area contributed by atoms with Gasteiger partial charge in [-0.05, 0) is 35.4 Å². The summed E-state index contributed by atoms with van der Waals surface area (Å²) < 4.78 is 14.1. The smallest absolute Gasteiger partial charge is 0.335 e. The molecule has 3 rings (SSSR count). The van der Waals surface area contributed by atoms with Crippen molar-refractivity contribution in [3.63, 3.8) is 0 Å². The Morgan fingerprint density at radius 2 is 1.68 bits per heavy atom. The van der Waals surface area contributed by atoms with Crippen LogP contribution in [-0.2, 0) is 6.54 Å². The molecule has 0 aliphatic heterocycles. The van der Waals surface area contributed by atoms with Gasteiger partial charge in [-0.3, -0.25) is 0 Å². The van der Waals surface area contributed by atoms with E-state index in [-0.39, 0.29) is 5.56 Å². The highest BCUT2D eigenvalue weighted by Gasteiger charge is 2.09. The van der Waals surface area contributed by atoms with E-state index in [1.807, 2.05) is 54.6 Å². The Labute approximate surface area is 144 Å². The maximum absolute atomic E-state index is 14.1. The lowest BCUT2D eigenvalue weighted by atomic mass is 10.0. The first kappa shape index (κ1) is 16.7. The number of benzene rings is 3. The van der Waals surface area contributed by atoms with Crippen LogP contribution in [0.3, 0.4) is 0 Å². The Bertz CT molecular complexity index is 865. The van der Waals surface area contributed by atoms with Crippen LogP contribution in [0.25, 0.3) is 11.1 Å². The van der Waals surface area contributed by atoms with Crippen molar-refractivity contribution in [2.24, 2.45) is 0 Å². The van der Waals surface area contributed by atoms with Crippen LogP contribution in [-0.4, -0.2) is 11.1 Å². The molecule has 0 bridgehead atoms. The molecule has 3 aromatic carbocycles. The molecule has 3 N–H and O–H groups in total. The molecule has 0 saturated heterocycles. The summed E-state index contributed by atoms with van der Waals surface area (Å²) in [6, 6.07) is 21.1. The number of carboxylic acids is 1. The van der Waals surface area contributed by atoms with Crippen LogP contribution in [0.4, 0.5) is 10.1 Å². The fourth-order valence-electron chi connectivity index (χ4n) is 2.45. The predicted octanol–water partition coefficient (Wildman–Crippen LogP) is 4.31. The number of hydrogen-bond donors (Lipinski definition) is 3. The van der Waals surface area contributed by atoms with Crippen molar-refractivity contribution in [3.05, 3.63) is 89.7 Å². The Balaban J connectivity index is 1.65. The van der Waals surface area contributed by atoms with Gasteiger partial charge >= 0.3 is 5.97 Å². The third kappa shape index (κ3) is 4.22. The minimum Gasteiger partial charge on any atom is -0.478 e. The highest BCUT2D eigenvalue weighted by Crippen LogP contribution is 2.24. The third-order valence-corrected chi connectivity index (χ3v) is 3.78. The number of hydrogen-bond acceptors (Lipinski definition) is 3. The number of rotatable bonds is 6. The predicted molar refractivity (Wildman–Crippen MR) is 95.7 cm³/mol. The molecule has 126 valence electrons. The molecule has 0 amide bonds. The lowest BCUT2D eigenvalue weighted by Crippen LogP contribution is -2.20. The first-order valence-electron chi connectivity index (χ1n) is 7.79.